The van der Waals surface area contributed by atoms with E-state index in [0.29, 0.717) is 5.56 Å². The summed E-state index contributed by atoms with van der Waals surface area (Å²) in [7, 11) is -2.44. The van der Waals surface area contributed by atoms with Crippen LogP contribution < -0.4 is 4.74 Å². The lowest BCUT2D eigenvalue weighted by Gasteiger charge is -2.36. The Hall–Kier alpha value is -1.93. The van der Waals surface area contributed by atoms with Gasteiger partial charge in [0.2, 0.25) is 0 Å². The van der Waals surface area contributed by atoms with E-state index in [2.05, 4.69) is 0 Å². The Balaban J connectivity index is 2.56. The highest BCUT2D eigenvalue weighted by Gasteiger charge is 2.42. The minimum absolute atomic E-state index is 0.221. The Kier molecular flexibility index (Phi) is 7.03. The molecule has 2 aromatic carbocycles. The first-order valence-electron chi connectivity index (χ1n) is 9.55. The van der Waals surface area contributed by atoms with Crippen LogP contribution in [0.5, 0.6) is 5.75 Å². The van der Waals surface area contributed by atoms with Gasteiger partial charge in [-0.1, -0.05) is 51.1 Å². The molecule has 2 nitrogen and oxygen atoms in total. The Labute approximate surface area is 175 Å². The minimum atomic E-state index is -4.92. The number of alkyl halides is 3. The number of benzene rings is 2. The zero-order valence-electron chi connectivity index (χ0n) is 18.0. The second kappa shape index (κ2) is 8.67. The van der Waals surface area contributed by atoms with Crippen LogP contribution in [0.2, 0.25) is 18.1 Å². The molecular weight excluding hydrogens is 419 g/mol. The van der Waals surface area contributed by atoms with Crippen molar-refractivity contribution in [3.8, 4) is 5.75 Å². The molecule has 0 heterocycles. The summed E-state index contributed by atoms with van der Waals surface area (Å²) < 4.78 is 81.9. The highest BCUT2D eigenvalue weighted by Crippen LogP contribution is 2.44. The summed E-state index contributed by atoms with van der Waals surface area (Å²) >= 11 is 0. The highest BCUT2D eigenvalue weighted by molar-refractivity contribution is 6.74. The van der Waals surface area contributed by atoms with Crippen LogP contribution in [-0.4, -0.2) is 8.32 Å². The summed E-state index contributed by atoms with van der Waals surface area (Å²) in [5.41, 5.74) is -2.10. The summed E-state index contributed by atoms with van der Waals surface area (Å²) in [5, 5.41) is -0.259. The van der Waals surface area contributed by atoms with E-state index in [4.69, 9.17) is 9.16 Å². The summed E-state index contributed by atoms with van der Waals surface area (Å²) in [6.45, 7) is 9.76. The summed E-state index contributed by atoms with van der Waals surface area (Å²) in [5.74, 6) is -3.63. The summed E-state index contributed by atoms with van der Waals surface area (Å²) in [4.78, 5) is 0. The molecule has 30 heavy (non-hydrogen) atoms. The number of hydrogen-bond donors (Lipinski definition) is 0. The standard InChI is InChI=1S/C22H27F5O2Si/c1-14-17(22(25,26)27)20(28-12-15-10-8-7-9-11-15)16(19(24)18(14)23)13-29-30(5,6)21(2,3)4/h7-11H,12-13H2,1-6H3. The van der Waals surface area contributed by atoms with Crippen LogP contribution in [0.15, 0.2) is 30.3 Å². The molecule has 2 aromatic rings. The molecule has 0 saturated heterocycles. The van der Waals surface area contributed by atoms with Crippen molar-refractivity contribution in [3.63, 3.8) is 0 Å². The lowest BCUT2D eigenvalue weighted by atomic mass is 10.0. The molecule has 2 rings (SSSR count). The minimum Gasteiger partial charge on any atom is -0.488 e. The fourth-order valence-electron chi connectivity index (χ4n) is 2.66. The molecule has 0 amide bonds. The van der Waals surface area contributed by atoms with Crippen molar-refractivity contribution in [2.24, 2.45) is 0 Å². The van der Waals surface area contributed by atoms with Crippen LogP contribution in [0.25, 0.3) is 0 Å². The van der Waals surface area contributed by atoms with Gasteiger partial charge in [-0.2, -0.15) is 13.2 Å². The normalized spacial score (nSPS) is 12.9. The van der Waals surface area contributed by atoms with E-state index < -0.39 is 55.2 Å². The maximum Gasteiger partial charge on any atom is 0.420 e. The van der Waals surface area contributed by atoms with Crippen molar-refractivity contribution in [3.05, 3.63) is 64.2 Å². The van der Waals surface area contributed by atoms with Gasteiger partial charge < -0.3 is 9.16 Å². The Morgan fingerprint density at radius 3 is 1.97 bits per heavy atom. The van der Waals surface area contributed by atoms with E-state index in [0.717, 1.165) is 6.92 Å². The lowest BCUT2D eigenvalue weighted by molar-refractivity contribution is -0.139. The Morgan fingerprint density at radius 1 is 0.900 bits per heavy atom. The molecule has 0 aliphatic heterocycles. The van der Waals surface area contributed by atoms with Gasteiger partial charge in [0, 0.05) is 5.56 Å². The fraction of sp³-hybridized carbons (Fsp3) is 0.455. The van der Waals surface area contributed by atoms with Gasteiger partial charge in [0.25, 0.3) is 0 Å². The van der Waals surface area contributed by atoms with Gasteiger partial charge >= 0.3 is 6.18 Å². The SMILES string of the molecule is Cc1c(F)c(F)c(CO[Si](C)(C)C(C)(C)C)c(OCc2ccccc2)c1C(F)(F)F. The van der Waals surface area contributed by atoms with E-state index in [-0.39, 0.29) is 11.6 Å². The highest BCUT2D eigenvalue weighted by atomic mass is 28.4. The molecule has 0 saturated carbocycles. The second-order valence-electron chi connectivity index (χ2n) is 8.76. The maximum absolute atomic E-state index is 14.8. The van der Waals surface area contributed by atoms with Crippen LogP contribution in [0.1, 0.15) is 43.0 Å². The van der Waals surface area contributed by atoms with Crippen molar-refractivity contribution in [1.82, 2.24) is 0 Å². The molecule has 0 aliphatic carbocycles. The van der Waals surface area contributed by atoms with Gasteiger partial charge in [0.15, 0.2) is 20.0 Å². The van der Waals surface area contributed by atoms with Crippen molar-refractivity contribution in [2.45, 2.75) is 65.2 Å². The van der Waals surface area contributed by atoms with Gasteiger partial charge in [-0.25, -0.2) is 8.78 Å². The quantitative estimate of drug-likeness (QED) is 0.340. The topological polar surface area (TPSA) is 18.5 Å². The third-order valence-corrected chi connectivity index (χ3v) is 10.0. The molecular formula is C22H27F5O2Si. The molecule has 0 spiro atoms. The Bertz CT molecular complexity index is 887. The third-order valence-electron chi connectivity index (χ3n) is 5.56. The second-order valence-corrected chi connectivity index (χ2v) is 13.6. The zero-order valence-corrected chi connectivity index (χ0v) is 19.0. The van der Waals surface area contributed by atoms with Gasteiger partial charge in [-0.3, -0.25) is 0 Å². The van der Waals surface area contributed by atoms with Crippen LogP contribution in [0, 0.1) is 18.6 Å². The molecule has 0 fully saturated rings. The molecule has 0 atom stereocenters. The smallest absolute Gasteiger partial charge is 0.420 e. The van der Waals surface area contributed by atoms with Crippen molar-refractivity contribution >= 4 is 8.32 Å². The van der Waals surface area contributed by atoms with Crippen LogP contribution in [0.3, 0.4) is 0 Å². The number of hydrogen-bond acceptors (Lipinski definition) is 2. The molecule has 0 N–H and O–H groups in total. The number of rotatable bonds is 6. The van der Waals surface area contributed by atoms with E-state index in [1.54, 1.807) is 30.3 Å². The van der Waals surface area contributed by atoms with Crippen LogP contribution in [-0.2, 0) is 23.8 Å². The van der Waals surface area contributed by atoms with Crippen molar-refractivity contribution in [2.75, 3.05) is 0 Å². The van der Waals surface area contributed by atoms with E-state index in [9.17, 15) is 22.0 Å². The molecule has 8 heteroatoms. The molecule has 0 aromatic heterocycles. The number of halogens is 5. The van der Waals surface area contributed by atoms with Crippen molar-refractivity contribution in [1.29, 1.82) is 0 Å². The predicted molar refractivity (Wildman–Crippen MR) is 109 cm³/mol. The predicted octanol–water partition coefficient (Wildman–Crippen LogP) is 7.39. The first-order chi connectivity index (χ1) is 13.7. The van der Waals surface area contributed by atoms with E-state index in [1.807, 2.05) is 33.9 Å². The van der Waals surface area contributed by atoms with E-state index >= 15 is 0 Å². The van der Waals surface area contributed by atoms with Gasteiger partial charge in [0.05, 0.1) is 12.2 Å². The van der Waals surface area contributed by atoms with Crippen LogP contribution in [0.4, 0.5) is 22.0 Å². The first kappa shape index (κ1) is 24.3. The maximum atomic E-state index is 14.8. The number of ether oxygens (including phenoxy) is 1. The Morgan fingerprint density at radius 2 is 1.47 bits per heavy atom. The monoisotopic (exact) mass is 446 g/mol. The molecule has 0 unspecified atom stereocenters. The zero-order chi connectivity index (χ0) is 22.9. The average molecular weight is 447 g/mol. The third kappa shape index (κ3) is 5.21. The molecule has 0 radical (unpaired) electrons. The fourth-order valence-corrected chi connectivity index (χ4v) is 3.59. The van der Waals surface area contributed by atoms with Crippen molar-refractivity contribution < 1.29 is 31.1 Å². The molecule has 0 bridgehead atoms. The lowest BCUT2D eigenvalue weighted by Crippen LogP contribution is -2.40. The largest absolute Gasteiger partial charge is 0.488 e. The summed E-state index contributed by atoms with van der Waals surface area (Å²) in [6.07, 6.45) is -4.92. The average Bonchev–Trinajstić information content (AvgIpc) is 2.62. The van der Waals surface area contributed by atoms with E-state index in [1.165, 1.54) is 0 Å². The molecule has 166 valence electrons. The van der Waals surface area contributed by atoms with Gasteiger partial charge in [-0.15, -0.1) is 0 Å². The van der Waals surface area contributed by atoms with Crippen LogP contribution >= 0.6 is 0 Å². The first-order valence-corrected chi connectivity index (χ1v) is 12.5. The molecule has 0 aliphatic rings. The van der Waals surface area contributed by atoms with Gasteiger partial charge in [0.1, 0.15) is 17.9 Å². The summed E-state index contributed by atoms with van der Waals surface area (Å²) in [6, 6.07) is 8.52. The van der Waals surface area contributed by atoms with Gasteiger partial charge in [-0.05, 0) is 30.6 Å².